The third-order valence-corrected chi connectivity index (χ3v) is 8.44. The summed E-state index contributed by atoms with van der Waals surface area (Å²) in [6, 6.07) is 22.3. The van der Waals surface area contributed by atoms with Crippen molar-refractivity contribution in [3.05, 3.63) is 83.4 Å². The second-order valence-corrected chi connectivity index (χ2v) is 13.6. The zero-order chi connectivity index (χ0) is 32.8. The lowest BCUT2D eigenvalue weighted by Gasteiger charge is -2.43. The second kappa shape index (κ2) is 14.3. The van der Waals surface area contributed by atoms with Crippen LogP contribution in [-0.4, -0.2) is 44.5 Å². The first-order valence-corrected chi connectivity index (χ1v) is 16.0. The van der Waals surface area contributed by atoms with Gasteiger partial charge in [0, 0.05) is 42.1 Å². The highest BCUT2D eigenvalue weighted by atomic mass is 16.6. The molecule has 3 aromatic rings. The van der Waals surface area contributed by atoms with Crippen molar-refractivity contribution in [2.75, 3.05) is 42.3 Å². The van der Waals surface area contributed by atoms with E-state index in [0.29, 0.717) is 12.2 Å². The van der Waals surface area contributed by atoms with E-state index in [0.717, 1.165) is 54.1 Å². The minimum absolute atomic E-state index is 0.101. The monoisotopic (exact) mass is 614 g/mol. The number of nitrogens with one attached hydrogen (secondary N) is 3. The highest BCUT2D eigenvalue weighted by Crippen LogP contribution is 2.39. The first-order valence-electron chi connectivity index (χ1n) is 16.0. The molecule has 0 saturated carbocycles. The molecule has 8 heteroatoms. The van der Waals surface area contributed by atoms with E-state index in [2.05, 4.69) is 84.9 Å². The van der Waals surface area contributed by atoms with Crippen molar-refractivity contribution in [1.29, 1.82) is 0 Å². The average molecular weight is 615 g/mol. The van der Waals surface area contributed by atoms with Gasteiger partial charge < -0.3 is 25.0 Å². The fourth-order valence-electron chi connectivity index (χ4n) is 6.00. The number of methoxy groups -OCH3 is 1. The summed E-state index contributed by atoms with van der Waals surface area (Å²) in [5, 5.41) is 9.32. The van der Waals surface area contributed by atoms with Crippen molar-refractivity contribution in [3.63, 3.8) is 0 Å². The van der Waals surface area contributed by atoms with Crippen LogP contribution in [0.5, 0.6) is 5.75 Å². The highest BCUT2D eigenvalue weighted by molar-refractivity contribution is 5.93. The molecule has 1 fully saturated rings. The van der Waals surface area contributed by atoms with Gasteiger partial charge in [-0.3, -0.25) is 5.32 Å². The number of rotatable bonds is 9. The number of urea groups is 1. The first-order chi connectivity index (χ1) is 21.3. The smallest absolute Gasteiger partial charge is 0.412 e. The molecular formula is C37H50N4O4. The van der Waals surface area contributed by atoms with Crippen molar-refractivity contribution in [2.24, 2.45) is 0 Å². The topological polar surface area (TPSA) is 91.9 Å². The number of piperidine rings is 1. The summed E-state index contributed by atoms with van der Waals surface area (Å²) in [6.45, 7) is 16.1. The number of carbonyl (C=O) groups excluding carboxylic acids is 2. The van der Waals surface area contributed by atoms with Gasteiger partial charge in [-0.1, -0.05) is 58.0 Å². The van der Waals surface area contributed by atoms with Crippen molar-refractivity contribution in [2.45, 2.75) is 84.2 Å². The van der Waals surface area contributed by atoms with Gasteiger partial charge in [0.25, 0.3) is 0 Å². The van der Waals surface area contributed by atoms with E-state index in [-0.39, 0.29) is 23.3 Å². The summed E-state index contributed by atoms with van der Waals surface area (Å²) in [6.07, 6.45) is 1.26. The molecule has 0 radical (unpaired) electrons. The molecule has 242 valence electrons. The molecule has 0 spiro atoms. The molecule has 0 atom stereocenters. The average Bonchev–Trinajstić information content (AvgIpc) is 3.00. The number of hydrogen-bond acceptors (Lipinski definition) is 5. The fourth-order valence-corrected chi connectivity index (χ4v) is 6.00. The number of para-hydroxylation sites is 1. The number of carbonyl (C=O) groups is 2. The van der Waals surface area contributed by atoms with Crippen molar-refractivity contribution < 1.29 is 19.1 Å². The van der Waals surface area contributed by atoms with Crippen LogP contribution >= 0.6 is 0 Å². The minimum Gasteiger partial charge on any atom is -0.497 e. The second-order valence-electron chi connectivity index (χ2n) is 13.6. The molecule has 3 aromatic carbocycles. The lowest BCUT2D eigenvalue weighted by molar-refractivity contribution is 0.0636. The molecule has 4 rings (SSSR count). The van der Waals surface area contributed by atoms with E-state index in [4.69, 9.17) is 9.47 Å². The largest absolute Gasteiger partial charge is 0.497 e. The van der Waals surface area contributed by atoms with Crippen molar-refractivity contribution >= 4 is 29.2 Å². The zero-order valence-corrected chi connectivity index (χ0v) is 28.1. The predicted octanol–water partition coefficient (Wildman–Crippen LogP) is 8.65. The van der Waals surface area contributed by atoms with Gasteiger partial charge in [-0.25, -0.2) is 9.59 Å². The summed E-state index contributed by atoms with van der Waals surface area (Å²) in [4.78, 5) is 28.6. The van der Waals surface area contributed by atoms with Gasteiger partial charge in [0.2, 0.25) is 0 Å². The van der Waals surface area contributed by atoms with Gasteiger partial charge in [-0.2, -0.15) is 0 Å². The van der Waals surface area contributed by atoms with Crippen molar-refractivity contribution in [1.82, 2.24) is 5.32 Å². The van der Waals surface area contributed by atoms with Crippen LogP contribution in [0.4, 0.5) is 26.7 Å². The van der Waals surface area contributed by atoms with E-state index in [1.165, 1.54) is 5.69 Å². The van der Waals surface area contributed by atoms with Crippen LogP contribution in [-0.2, 0) is 10.2 Å². The molecular weight excluding hydrogens is 564 g/mol. The molecule has 1 heterocycles. The van der Waals surface area contributed by atoms with E-state index >= 15 is 0 Å². The van der Waals surface area contributed by atoms with Gasteiger partial charge in [-0.05, 0) is 98.5 Å². The van der Waals surface area contributed by atoms with E-state index in [1.807, 2.05) is 51.1 Å². The molecule has 3 N–H and O–H groups in total. The zero-order valence-electron chi connectivity index (χ0n) is 28.1. The summed E-state index contributed by atoms with van der Waals surface area (Å²) in [7, 11) is 1.68. The lowest BCUT2D eigenvalue weighted by atomic mass is 9.72. The predicted molar refractivity (Wildman–Crippen MR) is 184 cm³/mol. The Morgan fingerprint density at radius 2 is 1.49 bits per heavy atom. The van der Waals surface area contributed by atoms with Crippen LogP contribution in [0, 0.1) is 0 Å². The standard InChI is InChI=1S/C37H50N4O4/c1-25(2)31-22-28(39-35(43)45-36(5,6)7)23-32(26(3)4)33(31)40-34(42)38-24-37(27-13-12-16-30(21-27)44-8)17-19-41(20-18-37)29-14-10-9-11-15-29/h9-16,21-23,25-26H,17-20,24H2,1-8H3,(H,39,43)(H2,38,40,42). The minimum atomic E-state index is -0.605. The Morgan fingerprint density at radius 1 is 0.867 bits per heavy atom. The Morgan fingerprint density at radius 3 is 2.04 bits per heavy atom. The molecule has 3 amide bonds. The molecule has 1 aliphatic heterocycles. The molecule has 0 unspecified atom stereocenters. The van der Waals surface area contributed by atoms with E-state index < -0.39 is 11.7 Å². The van der Waals surface area contributed by atoms with Crippen LogP contribution in [0.15, 0.2) is 66.7 Å². The normalized spacial score (nSPS) is 14.7. The van der Waals surface area contributed by atoms with Crippen LogP contribution in [0.25, 0.3) is 0 Å². The molecule has 45 heavy (non-hydrogen) atoms. The van der Waals surface area contributed by atoms with Gasteiger partial charge in [0.1, 0.15) is 11.4 Å². The van der Waals surface area contributed by atoms with Gasteiger partial charge in [-0.15, -0.1) is 0 Å². The molecule has 1 saturated heterocycles. The lowest BCUT2D eigenvalue weighted by Crippen LogP contribution is -2.49. The number of ether oxygens (including phenoxy) is 2. The van der Waals surface area contributed by atoms with Gasteiger partial charge >= 0.3 is 12.1 Å². The Bertz CT molecular complexity index is 1430. The summed E-state index contributed by atoms with van der Waals surface area (Å²) in [5.74, 6) is 1.01. The quantitative estimate of drug-likeness (QED) is 0.224. The molecule has 1 aliphatic rings. The number of hydrogen-bond donors (Lipinski definition) is 3. The summed E-state index contributed by atoms with van der Waals surface area (Å²) in [5.41, 5.74) is 4.84. The number of amides is 3. The first kappa shape index (κ1) is 33.7. The highest BCUT2D eigenvalue weighted by Gasteiger charge is 2.37. The summed E-state index contributed by atoms with van der Waals surface area (Å²) < 4.78 is 11.0. The van der Waals surface area contributed by atoms with E-state index in [9.17, 15) is 9.59 Å². The maximum atomic E-state index is 13.7. The SMILES string of the molecule is COc1cccc(C2(CNC(=O)Nc3c(C(C)C)cc(NC(=O)OC(C)(C)C)cc3C(C)C)CCN(c3ccccc3)CC2)c1. The van der Waals surface area contributed by atoms with Crippen LogP contribution in [0.3, 0.4) is 0 Å². The molecule has 8 nitrogen and oxygen atoms in total. The third-order valence-electron chi connectivity index (χ3n) is 8.44. The van der Waals surface area contributed by atoms with Gasteiger partial charge in [0.05, 0.1) is 7.11 Å². The van der Waals surface area contributed by atoms with E-state index in [1.54, 1.807) is 7.11 Å². The van der Waals surface area contributed by atoms with Crippen LogP contribution in [0.2, 0.25) is 0 Å². The van der Waals surface area contributed by atoms with Gasteiger partial charge in [0.15, 0.2) is 0 Å². The Hall–Kier alpha value is -4.20. The van der Waals surface area contributed by atoms with Crippen LogP contribution < -0.4 is 25.6 Å². The number of benzene rings is 3. The van der Waals surface area contributed by atoms with Crippen molar-refractivity contribution in [3.8, 4) is 5.75 Å². The summed E-state index contributed by atoms with van der Waals surface area (Å²) >= 11 is 0. The number of anilines is 3. The maximum Gasteiger partial charge on any atom is 0.412 e. The third kappa shape index (κ3) is 8.71. The molecule has 0 aliphatic carbocycles. The Balaban J connectivity index is 1.56. The number of nitrogens with zero attached hydrogens (tertiary/aromatic N) is 1. The Labute approximate surface area is 268 Å². The molecule has 0 bridgehead atoms. The maximum absolute atomic E-state index is 13.7. The van der Waals surface area contributed by atoms with Crippen LogP contribution in [0.1, 0.15) is 89.8 Å². The molecule has 0 aromatic heterocycles. The fraction of sp³-hybridized carbons (Fsp3) is 0.459. The Kier molecular flexibility index (Phi) is 10.7.